The zero-order chi connectivity index (χ0) is 7.82. The van der Waals surface area contributed by atoms with Crippen LogP contribution in [0, 0.1) is 0 Å². The van der Waals surface area contributed by atoms with Crippen molar-refractivity contribution in [3.05, 3.63) is 11.8 Å². The van der Waals surface area contributed by atoms with Crippen LogP contribution in [-0.4, -0.2) is 19.0 Å². The van der Waals surface area contributed by atoms with Crippen LogP contribution in [0.2, 0.25) is 0 Å². The second-order valence-corrected chi connectivity index (χ2v) is 1.73. The quantitative estimate of drug-likeness (QED) is 0.533. The average Bonchev–Trinajstić information content (AvgIpc) is 1.98. The smallest absolute Gasteiger partial charge is 0.0761 e. The Labute approximate surface area is 62.4 Å². The molecule has 0 amide bonds. The van der Waals surface area contributed by atoms with Gasteiger partial charge in [-0.15, -0.1) is 0 Å². The molecule has 0 atom stereocenters. The Morgan fingerprint density at radius 1 is 1.40 bits per heavy atom. The molecular weight excluding hydrogens is 124 g/mol. The summed E-state index contributed by atoms with van der Waals surface area (Å²) in [5.74, 6) is 0. The molecule has 0 aliphatic rings. The van der Waals surface area contributed by atoms with E-state index in [1.807, 2.05) is 26.8 Å². The minimum atomic E-state index is 0.816. The Kier molecular flexibility index (Phi) is 5.63. The van der Waals surface area contributed by atoms with Crippen LogP contribution in [0.5, 0.6) is 0 Å². The summed E-state index contributed by atoms with van der Waals surface area (Å²) in [6.45, 7) is 6.66. The highest BCUT2D eigenvalue weighted by Gasteiger charge is 1.80. The number of nitrogens with zero attached hydrogens (tertiary/aromatic N) is 2. The van der Waals surface area contributed by atoms with Gasteiger partial charge in [0.05, 0.1) is 5.70 Å². The molecule has 0 spiro atoms. The summed E-state index contributed by atoms with van der Waals surface area (Å²) in [4.78, 5) is 8.12. The van der Waals surface area contributed by atoms with Gasteiger partial charge in [0.25, 0.3) is 0 Å². The van der Waals surface area contributed by atoms with Gasteiger partial charge in [-0.2, -0.15) is 0 Å². The fraction of sp³-hybridized carbons (Fsp3) is 0.500. The molecule has 0 saturated heterocycles. The van der Waals surface area contributed by atoms with E-state index in [9.17, 15) is 0 Å². The molecule has 0 aromatic rings. The van der Waals surface area contributed by atoms with Gasteiger partial charge in [0.15, 0.2) is 0 Å². The van der Waals surface area contributed by atoms with E-state index in [0.29, 0.717) is 0 Å². The maximum Gasteiger partial charge on any atom is 0.0761 e. The van der Waals surface area contributed by atoms with Gasteiger partial charge in [-0.05, 0) is 20.8 Å². The van der Waals surface area contributed by atoms with Crippen molar-refractivity contribution >= 4 is 12.4 Å². The molecule has 0 aliphatic heterocycles. The first kappa shape index (κ1) is 9.08. The Morgan fingerprint density at radius 3 is 2.50 bits per heavy atom. The van der Waals surface area contributed by atoms with E-state index < -0.39 is 0 Å². The van der Waals surface area contributed by atoms with E-state index in [2.05, 4.69) is 9.98 Å². The van der Waals surface area contributed by atoms with E-state index in [-0.39, 0.29) is 0 Å². The highest BCUT2D eigenvalue weighted by molar-refractivity contribution is 5.80. The lowest BCUT2D eigenvalue weighted by Gasteiger charge is -1.87. The molecule has 0 radical (unpaired) electrons. The molecule has 0 N–H and O–H groups in total. The lowest BCUT2D eigenvalue weighted by Crippen LogP contribution is -1.80. The Balaban J connectivity index is 3.97. The third-order valence-corrected chi connectivity index (χ3v) is 0.980. The molecule has 2 heteroatoms. The third kappa shape index (κ3) is 4.01. The van der Waals surface area contributed by atoms with Gasteiger partial charge < -0.3 is 0 Å². The van der Waals surface area contributed by atoms with Crippen LogP contribution >= 0.6 is 0 Å². The molecule has 0 aromatic heterocycles. The molecular formula is C8H14N2. The van der Waals surface area contributed by atoms with Gasteiger partial charge in [0.2, 0.25) is 0 Å². The van der Waals surface area contributed by atoms with Gasteiger partial charge >= 0.3 is 0 Å². The van der Waals surface area contributed by atoms with Crippen molar-refractivity contribution in [2.45, 2.75) is 20.8 Å². The number of hydrogen-bond acceptors (Lipinski definition) is 2. The highest BCUT2D eigenvalue weighted by atomic mass is 14.8. The van der Waals surface area contributed by atoms with Crippen LogP contribution in [0.4, 0.5) is 0 Å². The topological polar surface area (TPSA) is 24.7 Å². The van der Waals surface area contributed by atoms with Gasteiger partial charge in [-0.3, -0.25) is 9.98 Å². The molecule has 0 bridgehead atoms. The molecule has 0 aromatic carbocycles. The van der Waals surface area contributed by atoms with E-state index in [4.69, 9.17) is 0 Å². The van der Waals surface area contributed by atoms with E-state index in [0.717, 1.165) is 12.2 Å². The minimum Gasteiger partial charge on any atom is -0.291 e. The highest BCUT2D eigenvalue weighted by Crippen LogP contribution is 1.90. The predicted molar refractivity (Wildman–Crippen MR) is 47.0 cm³/mol. The average molecular weight is 138 g/mol. The standard InChI is InChI=1S/C8H14N2/c1-4-8(10-6-3)7-9-5-2/h4,6-7H,5H2,1-3H3/b8-4-,9-7?,10-6?. The molecule has 10 heavy (non-hydrogen) atoms. The Hall–Kier alpha value is -0.920. The molecule has 2 nitrogen and oxygen atoms in total. The Morgan fingerprint density at radius 2 is 2.10 bits per heavy atom. The summed E-state index contributed by atoms with van der Waals surface area (Å²) in [5.41, 5.74) is 0.921. The van der Waals surface area contributed by atoms with Crippen molar-refractivity contribution in [1.82, 2.24) is 0 Å². The van der Waals surface area contributed by atoms with Crippen molar-refractivity contribution in [2.24, 2.45) is 9.98 Å². The van der Waals surface area contributed by atoms with Crippen LogP contribution < -0.4 is 0 Å². The lowest BCUT2D eigenvalue weighted by molar-refractivity contribution is 1.14. The van der Waals surface area contributed by atoms with Gasteiger partial charge in [0, 0.05) is 19.0 Å². The summed E-state index contributed by atoms with van der Waals surface area (Å²) in [5, 5.41) is 0. The predicted octanol–water partition coefficient (Wildman–Crippen LogP) is 2.07. The summed E-state index contributed by atoms with van der Waals surface area (Å²) in [7, 11) is 0. The van der Waals surface area contributed by atoms with Crippen LogP contribution in [0.25, 0.3) is 0 Å². The van der Waals surface area contributed by atoms with Crippen molar-refractivity contribution in [2.75, 3.05) is 6.54 Å². The summed E-state index contributed by atoms with van der Waals surface area (Å²) in [6, 6.07) is 0. The number of allylic oxidation sites excluding steroid dienone is 2. The van der Waals surface area contributed by atoms with Crippen molar-refractivity contribution in [3.63, 3.8) is 0 Å². The minimum absolute atomic E-state index is 0.816. The third-order valence-electron chi connectivity index (χ3n) is 0.980. The first-order chi connectivity index (χ1) is 4.85. The second-order valence-electron chi connectivity index (χ2n) is 1.73. The first-order valence-corrected chi connectivity index (χ1v) is 3.50. The summed E-state index contributed by atoms with van der Waals surface area (Å²) >= 11 is 0. The maximum atomic E-state index is 4.07. The van der Waals surface area contributed by atoms with Gasteiger partial charge in [-0.1, -0.05) is 6.08 Å². The number of rotatable bonds is 3. The fourth-order valence-electron chi connectivity index (χ4n) is 0.516. The van der Waals surface area contributed by atoms with Gasteiger partial charge in [0.1, 0.15) is 0 Å². The normalized spacial score (nSPS) is 13.7. The molecule has 0 aliphatic carbocycles. The molecule has 56 valence electrons. The molecule has 0 heterocycles. The maximum absolute atomic E-state index is 4.07. The molecule has 0 unspecified atom stereocenters. The van der Waals surface area contributed by atoms with Crippen LogP contribution in [0.1, 0.15) is 20.8 Å². The second kappa shape index (κ2) is 6.20. The number of hydrogen-bond donors (Lipinski definition) is 0. The monoisotopic (exact) mass is 138 g/mol. The van der Waals surface area contributed by atoms with E-state index in [1.54, 1.807) is 12.4 Å². The molecule has 0 saturated carbocycles. The van der Waals surface area contributed by atoms with Crippen LogP contribution in [0.15, 0.2) is 21.8 Å². The Bertz CT molecular complexity index is 155. The van der Waals surface area contributed by atoms with Crippen molar-refractivity contribution in [1.29, 1.82) is 0 Å². The largest absolute Gasteiger partial charge is 0.291 e. The zero-order valence-electron chi connectivity index (χ0n) is 6.83. The van der Waals surface area contributed by atoms with E-state index in [1.165, 1.54) is 0 Å². The fourth-order valence-corrected chi connectivity index (χ4v) is 0.516. The first-order valence-electron chi connectivity index (χ1n) is 3.50. The van der Waals surface area contributed by atoms with E-state index >= 15 is 0 Å². The SMILES string of the molecule is CC=N/C(C=NCC)=C\C. The lowest BCUT2D eigenvalue weighted by atomic mass is 10.4. The van der Waals surface area contributed by atoms with Crippen molar-refractivity contribution in [3.8, 4) is 0 Å². The molecule has 0 rings (SSSR count). The zero-order valence-corrected chi connectivity index (χ0v) is 6.83. The van der Waals surface area contributed by atoms with Crippen molar-refractivity contribution < 1.29 is 0 Å². The number of aliphatic imine (C=N–C) groups is 2. The van der Waals surface area contributed by atoms with Crippen LogP contribution in [0.3, 0.4) is 0 Å². The molecule has 0 fully saturated rings. The van der Waals surface area contributed by atoms with Crippen LogP contribution in [-0.2, 0) is 0 Å². The summed E-state index contributed by atoms with van der Waals surface area (Å²) < 4.78 is 0. The summed E-state index contributed by atoms with van der Waals surface area (Å²) in [6.07, 6.45) is 5.47. The van der Waals surface area contributed by atoms with Gasteiger partial charge in [-0.25, -0.2) is 0 Å².